The molecule has 0 heterocycles. The molecule has 5 nitrogen and oxygen atoms in total. The Morgan fingerprint density at radius 1 is 1.11 bits per heavy atom. The smallest absolute Gasteiger partial charge is 0.423 e. The van der Waals surface area contributed by atoms with Crippen molar-refractivity contribution < 1.29 is 14.8 Å². The summed E-state index contributed by atoms with van der Waals surface area (Å²) in [5, 5.41) is 20.9. The zero-order valence-electron chi connectivity index (χ0n) is 10.1. The number of para-hydroxylation sites is 1. The van der Waals surface area contributed by atoms with Crippen LogP contribution in [0.15, 0.2) is 48.5 Å². The van der Waals surface area contributed by atoms with Crippen LogP contribution in [0.25, 0.3) is 0 Å². The molecule has 96 valence electrons. The molecular weight excluding hydrogens is 243 g/mol. The molecule has 0 fully saturated rings. The van der Waals surface area contributed by atoms with Crippen molar-refractivity contribution in [1.82, 2.24) is 0 Å². The van der Waals surface area contributed by atoms with Gasteiger partial charge in [0.05, 0.1) is 0 Å². The van der Waals surface area contributed by atoms with Gasteiger partial charge in [-0.3, -0.25) is 4.79 Å². The van der Waals surface area contributed by atoms with Crippen molar-refractivity contribution in [2.75, 3.05) is 11.1 Å². The van der Waals surface area contributed by atoms with Crippen LogP contribution < -0.4 is 16.5 Å². The summed E-state index contributed by atoms with van der Waals surface area (Å²) in [6.45, 7) is 0. The van der Waals surface area contributed by atoms with Gasteiger partial charge in [0.1, 0.15) is 0 Å². The van der Waals surface area contributed by atoms with Crippen molar-refractivity contribution >= 4 is 29.9 Å². The maximum Gasteiger partial charge on any atom is 0.488 e. The minimum atomic E-state index is -1.66. The molecule has 2 aromatic rings. The van der Waals surface area contributed by atoms with E-state index in [1.807, 2.05) is 6.07 Å². The number of amides is 1. The third-order valence-electron chi connectivity index (χ3n) is 2.57. The van der Waals surface area contributed by atoms with Gasteiger partial charge in [0, 0.05) is 16.9 Å². The first-order valence-electron chi connectivity index (χ1n) is 5.69. The van der Waals surface area contributed by atoms with Crippen LogP contribution in [0.5, 0.6) is 0 Å². The Morgan fingerprint density at radius 3 is 2.42 bits per heavy atom. The molecule has 0 bridgehead atoms. The first-order chi connectivity index (χ1) is 9.06. The summed E-state index contributed by atoms with van der Waals surface area (Å²) >= 11 is 0. The standard InChI is InChI=1S/C13H13BN2O3/c15-11-7-9(6-10(8-11)14(18)19)13(17)16-12-4-2-1-3-5-12/h1-8,18-19H,15H2,(H,16,17). The van der Waals surface area contributed by atoms with E-state index in [4.69, 9.17) is 15.8 Å². The van der Waals surface area contributed by atoms with Crippen molar-refractivity contribution in [2.45, 2.75) is 0 Å². The van der Waals surface area contributed by atoms with Gasteiger partial charge in [-0.15, -0.1) is 0 Å². The molecular formula is C13H13BN2O3. The highest BCUT2D eigenvalue weighted by molar-refractivity contribution is 6.58. The van der Waals surface area contributed by atoms with Crippen molar-refractivity contribution in [1.29, 1.82) is 0 Å². The Morgan fingerprint density at radius 2 is 1.79 bits per heavy atom. The van der Waals surface area contributed by atoms with Gasteiger partial charge >= 0.3 is 7.12 Å². The molecule has 0 spiro atoms. The number of rotatable bonds is 3. The molecule has 0 saturated heterocycles. The average Bonchev–Trinajstić information content (AvgIpc) is 2.39. The summed E-state index contributed by atoms with van der Waals surface area (Å²) in [6.07, 6.45) is 0. The van der Waals surface area contributed by atoms with E-state index >= 15 is 0 Å². The fourth-order valence-corrected chi connectivity index (χ4v) is 1.68. The number of nitrogens with two attached hydrogens (primary N) is 1. The normalized spacial score (nSPS) is 10.0. The van der Waals surface area contributed by atoms with Gasteiger partial charge in [0.15, 0.2) is 0 Å². The molecule has 0 radical (unpaired) electrons. The minimum absolute atomic E-state index is 0.179. The fourth-order valence-electron chi connectivity index (χ4n) is 1.68. The van der Waals surface area contributed by atoms with Crippen LogP contribution in [0.4, 0.5) is 11.4 Å². The van der Waals surface area contributed by atoms with Crippen LogP contribution in [-0.2, 0) is 0 Å². The molecule has 0 aliphatic rings. The second kappa shape index (κ2) is 5.56. The van der Waals surface area contributed by atoms with E-state index in [0.29, 0.717) is 11.4 Å². The number of hydrogen-bond donors (Lipinski definition) is 4. The van der Waals surface area contributed by atoms with Gasteiger partial charge in [-0.1, -0.05) is 18.2 Å². The second-order valence-electron chi connectivity index (χ2n) is 4.08. The van der Waals surface area contributed by atoms with E-state index in [-0.39, 0.29) is 16.9 Å². The van der Waals surface area contributed by atoms with Crippen LogP contribution in [0.3, 0.4) is 0 Å². The monoisotopic (exact) mass is 256 g/mol. The highest BCUT2D eigenvalue weighted by Crippen LogP contribution is 2.10. The predicted octanol–water partition coefficient (Wildman–Crippen LogP) is 0.201. The summed E-state index contributed by atoms with van der Waals surface area (Å²) in [4.78, 5) is 12.0. The number of benzene rings is 2. The molecule has 2 rings (SSSR count). The summed E-state index contributed by atoms with van der Waals surface area (Å²) in [7, 11) is -1.66. The zero-order chi connectivity index (χ0) is 13.8. The molecule has 1 amide bonds. The number of carbonyl (C=O) groups excluding carboxylic acids is 1. The molecule has 0 saturated carbocycles. The Labute approximate surface area is 110 Å². The number of nitrogens with one attached hydrogen (secondary N) is 1. The van der Waals surface area contributed by atoms with Crippen LogP contribution in [-0.4, -0.2) is 23.1 Å². The Hall–Kier alpha value is -2.31. The Balaban J connectivity index is 2.24. The lowest BCUT2D eigenvalue weighted by Gasteiger charge is -2.08. The maximum atomic E-state index is 12.0. The number of carbonyl (C=O) groups is 1. The van der Waals surface area contributed by atoms with E-state index < -0.39 is 7.12 Å². The lowest BCUT2D eigenvalue weighted by Crippen LogP contribution is -2.31. The van der Waals surface area contributed by atoms with Crippen LogP contribution in [0.2, 0.25) is 0 Å². The van der Waals surface area contributed by atoms with Gasteiger partial charge in [0.2, 0.25) is 0 Å². The molecule has 5 N–H and O–H groups in total. The summed E-state index contributed by atoms with van der Waals surface area (Å²) < 4.78 is 0. The lowest BCUT2D eigenvalue weighted by molar-refractivity contribution is 0.102. The van der Waals surface area contributed by atoms with E-state index in [1.54, 1.807) is 24.3 Å². The lowest BCUT2D eigenvalue weighted by atomic mass is 9.79. The molecule has 0 aliphatic carbocycles. The van der Waals surface area contributed by atoms with Gasteiger partial charge in [-0.2, -0.15) is 0 Å². The highest BCUT2D eigenvalue weighted by atomic mass is 16.4. The molecule has 2 aromatic carbocycles. The van der Waals surface area contributed by atoms with E-state index in [2.05, 4.69) is 5.32 Å². The molecule has 0 atom stereocenters. The first-order valence-corrected chi connectivity index (χ1v) is 5.69. The maximum absolute atomic E-state index is 12.0. The Bertz CT molecular complexity index is 588. The fraction of sp³-hybridized carbons (Fsp3) is 0. The average molecular weight is 256 g/mol. The third-order valence-corrected chi connectivity index (χ3v) is 2.57. The molecule has 6 heteroatoms. The predicted molar refractivity (Wildman–Crippen MR) is 75.1 cm³/mol. The largest absolute Gasteiger partial charge is 0.488 e. The number of anilines is 2. The topological polar surface area (TPSA) is 95.6 Å². The molecule has 19 heavy (non-hydrogen) atoms. The number of hydrogen-bond acceptors (Lipinski definition) is 4. The number of nitrogen functional groups attached to an aromatic ring is 1. The summed E-state index contributed by atoms with van der Waals surface area (Å²) in [6, 6.07) is 13.2. The molecule has 0 unspecified atom stereocenters. The summed E-state index contributed by atoms with van der Waals surface area (Å²) in [5.74, 6) is -0.361. The van der Waals surface area contributed by atoms with Crippen LogP contribution in [0.1, 0.15) is 10.4 Å². The highest BCUT2D eigenvalue weighted by Gasteiger charge is 2.15. The van der Waals surface area contributed by atoms with Gasteiger partial charge < -0.3 is 21.1 Å². The minimum Gasteiger partial charge on any atom is -0.423 e. The van der Waals surface area contributed by atoms with Crippen molar-refractivity contribution in [2.24, 2.45) is 0 Å². The zero-order valence-corrected chi connectivity index (χ0v) is 10.1. The van der Waals surface area contributed by atoms with Gasteiger partial charge in [0.25, 0.3) is 5.91 Å². The summed E-state index contributed by atoms with van der Waals surface area (Å²) in [5.41, 5.74) is 7.02. The van der Waals surface area contributed by atoms with E-state index in [0.717, 1.165) is 0 Å². The molecule has 0 aliphatic heterocycles. The van der Waals surface area contributed by atoms with Gasteiger partial charge in [-0.05, 0) is 35.8 Å². The van der Waals surface area contributed by atoms with Crippen molar-refractivity contribution in [3.8, 4) is 0 Å². The van der Waals surface area contributed by atoms with Gasteiger partial charge in [-0.25, -0.2) is 0 Å². The van der Waals surface area contributed by atoms with Crippen molar-refractivity contribution in [3.63, 3.8) is 0 Å². The van der Waals surface area contributed by atoms with E-state index in [1.165, 1.54) is 18.2 Å². The second-order valence-corrected chi connectivity index (χ2v) is 4.08. The quantitative estimate of drug-likeness (QED) is 0.466. The van der Waals surface area contributed by atoms with Crippen LogP contribution in [0, 0.1) is 0 Å². The SMILES string of the molecule is Nc1cc(B(O)O)cc(C(=O)Nc2ccccc2)c1. The van der Waals surface area contributed by atoms with E-state index in [9.17, 15) is 4.79 Å². The molecule has 0 aromatic heterocycles. The van der Waals surface area contributed by atoms with Crippen molar-refractivity contribution in [3.05, 3.63) is 54.1 Å². The first kappa shape index (κ1) is 13.1. The Kier molecular flexibility index (Phi) is 3.84. The van der Waals surface area contributed by atoms with Crippen LogP contribution >= 0.6 is 0 Å². The third kappa shape index (κ3) is 3.34.